The fourth-order valence-electron chi connectivity index (χ4n) is 6.86. The van der Waals surface area contributed by atoms with Crippen molar-refractivity contribution in [2.45, 2.75) is 64.5 Å². The zero-order chi connectivity index (χ0) is 17.2. The second kappa shape index (κ2) is 5.35. The third-order valence-corrected chi connectivity index (χ3v) is 8.52. The van der Waals surface area contributed by atoms with E-state index in [1.807, 2.05) is 7.05 Å². The van der Waals surface area contributed by atoms with Crippen LogP contribution in [0.4, 0.5) is 0 Å². The van der Waals surface area contributed by atoms with Crippen molar-refractivity contribution in [2.24, 2.45) is 28.6 Å². The van der Waals surface area contributed by atoms with E-state index in [0.717, 1.165) is 25.2 Å². The largest absolute Gasteiger partial charge is 0.391 e. The van der Waals surface area contributed by atoms with Crippen molar-refractivity contribution in [1.82, 2.24) is 10.6 Å². The van der Waals surface area contributed by atoms with E-state index in [9.17, 15) is 5.11 Å². The van der Waals surface area contributed by atoms with Gasteiger partial charge >= 0.3 is 0 Å². The first kappa shape index (κ1) is 16.7. The Balaban J connectivity index is 1.82. The normalized spacial score (nSPS) is 50.3. The highest BCUT2D eigenvalue weighted by Crippen LogP contribution is 2.66. The van der Waals surface area contributed by atoms with Gasteiger partial charge in [0.15, 0.2) is 0 Å². The predicted octanol–water partition coefficient (Wildman–Crippen LogP) is 3.57. The van der Waals surface area contributed by atoms with Gasteiger partial charge in [-0.3, -0.25) is 5.32 Å². The molecular formula is C21H34N2O. The Kier molecular flexibility index (Phi) is 3.71. The number of fused-ring (bicyclic) bond motifs is 5. The van der Waals surface area contributed by atoms with Crippen LogP contribution in [0.25, 0.3) is 0 Å². The van der Waals surface area contributed by atoms with Crippen LogP contribution in [-0.4, -0.2) is 24.9 Å². The van der Waals surface area contributed by atoms with E-state index < -0.39 is 5.72 Å². The molecule has 0 heterocycles. The van der Waals surface area contributed by atoms with Gasteiger partial charge in [0.1, 0.15) is 5.72 Å². The van der Waals surface area contributed by atoms with Gasteiger partial charge in [0.2, 0.25) is 0 Å². The fraction of sp³-hybridized carbons (Fsp3) is 0.810. The zero-order valence-electron chi connectivity index (χ0n) is 15.8. The molecule has 134 valence electrons. The summed E-state index contributed by atoms with van der Waals surface area (Å²) in [5, 5.41) is 18.1. The molecule has 0 aromatic carbocycles. The van der Waals surface area contributed by atoms with Gasteiger partial charge in [-0.2, -0.15) is 0 Å². The maximum absolute atomic E-state index is 11.2. The number of allylic oxidation sites excluding steroid dienone is 4. The summed E-state index contributed by atoms with van der Waals surface area (Å²) in [6, 6.07) is 0. The van der Waals surface area contributed by atoms with E-state index >= 15 is 0 Å². The molecule has 24 heavy (non-hydrogen) atoms. The summed E-state index contributed by atoms with van der Waals surface area (Å²) < 4.78 is 0. The maximum atomic E-state index is 11.2. The summed E-state index contributed by atoms with van der Waals surface area (Å²) in [5.74, 6) is 1.92. The minimum atomic E-state index is -0.714. The first-order valence-corrected chi connectivity index (χ1v) is 9.89. The Bertz CT molecular complexity index is 597. The Hall–Kier alpha value is -0.800. The lowest BCUT2D eigenvalue weighted by molar-refractivity contribution is -0.106. The van der Waals surface area contributed by atoms with Gasteiger partial charge in [-0.25, -0.2) is 0 Å². The molecule has 0 spiro atoms. The van der Waals surface area contributed by atoms with Gasteiger partial charge < -0.3 is 10.4 Å². The van der Waals surface area contributed by atoms with Crippen molar-refractivity contribution in [3.8, 4) is 0 Å². The lowest BCUT2D eigenvalue weighted by Gasteiger charge is -2.57. The lowest BCUT2D eigenvalue weighted by atomic mass is 9.49. The second-order valence-corrected chi connectivity index (χ2v) is 9.14. The van der Waals surface area contributed by atoms with Crippen LogP contribution in [0.3, 0.4) is 0 Å². The average molecular weight is 331 g/mol. The summed E-state index contributed by atoms with van der Waals surface area (Å²) in [7, 11) is 4.03. The fourth-order valence-corrected chi connectivity index (χ4v) is 6.86. The van der Waals surface area contributed by atoms with E-state index in [-0.39, 0.29) is 5.41 Å². The highest BCUT2D eigenvalue weighted by molar-refractivity contribution is 5.35. The van der Waals surface area contributed by atoms with Gasteiger partial charge in [0, 0.05) is 18.2 Å². The monoisotopic (exact) mass is 330 g/mol. The first-order valence-electron chi connectivity index (χ1n) is 9.89. The van der Waals surface area contributed by atoms with Crippen LogP contribution in [-0.2, 0) is 0 Å². The van der Waals surface area contributed by atoms with E-state index in [1.54, 1.807) is 5.57 Å². The van der Waals surface area contributed by atoms with E-state index in [4.69, 9.17) is 0 Å². The molecule has 2 fully saturated rings. The van der Waals surface area contributed by atoms with Gasteiger partial charge in [0.25, 0.3) is 0 Å². The molecule has 4 aliphatic rings. The summed E-state index contributed by atoms with van der Waals surface area (Å²) in [5.41, 5.74) is 2.71. The topological polar surface area (TPSA) is 44.3 Å². The molecule has 3 heteroatoms. The molecule has 2 unspecified atom stereocenters. The molecule has 0 aliphatic heterocycles. The van der Waals surface area contributed by atoms with Crippen LogP contribution >= 0.6 is 0 Å². The molecule has 4 rings (SSSR count). The summed E-state index contributed by atoms with van der Waals surface area (Å²) in [6.45, 7) is 4.83. The molecule has 4 aliphatic carbocycles. The van der Waals surface area contributed by atoms with E-state index in [2.05, 4.69) is 43.7 Å². The molecule has 0 saturated heterocycles. The Morgan fingerprint density at radius 3 is 2.54 bits per heavy atom. The third-order valence-electron chi connectivity index (χ3n) is 8.52. The molecular weight excluding hydrogens is 296 g/mol. The number of hydrogen-bond donors (Lipinski definition) is 3. The van der Waals surface area contributed by atoms with Crippen LogP contribution in [0.15, 0.2) is 23.4 Å². The van der Waals surface area contributed by atoms with Crippen molar-refractivity contribution in [3.05, 3.63) is 23.4 Å². The minimum absolute atomic E-state index is 0.0444. The van der Waals surface area contributed by atoms with E-state index in [1.165, 1.54) is 31.4 Å². The van der Waals surface area contributed by atoms with Crippen LogP contribution in [0.2, 0.25) is 0 Å². The maximum Gasteiger partial charge on any atom is 0.121 e. The molecule has 0 amide bonds. The van der Waals surface area contributed by atoms with Crippen LogP contribution < -0.4 is 10.6 Å². The lowest BCUT2D eigenvalue weighted by Crippen LogP contribution is -2.58. The molecule has 3 nitrogen and oxygen atoms in total. The molecule has 2 saturated carbocycles. The second-order valence-electron chi connectivity index (χ2n) is 9.14. The third kappa shape index (κ3) is 1.92. The van der Waals surface area contributed by atoms with Gasteiger partial charge in [0.05, 0.1) is 0 Å². The quantitative estimate of drug-likeness (QED) is 0.536. The van der Waals surface area contributed by atoms with E-state index in [0.29, 0.717) is 17.3 Å². The average Bonchev–Trinajstić information content (AvgIpc) is 2.86. The van der Waals surface area contributed by atoms with Crippen molar-refractivity contribution in [2.75, 3.05) is 14.1 Å². The number of aliphatic hydroxyl groups is 1. The van der Waals surface area contributed by atoms with Gasteiger partial charge in [-0.05, 0) is 80.7 Å². The van der Waals surface area contributed by atoms with Crippen LogP contribution in [0.1, 0.15) is 58.8 Å². The molecule has 3 N–H and O–H groups in total. The molecule has 0 bridgehead atoms. The smallest absolute Gasteiger partial charge is 0.121 e. The van der Waals surface area contributed by atoms with Crippen LogP contribution in [0.5, 0.6) is 0 Å². The van der Waals surface area contributed by atoms with Crippen molar-refractivity contribution in [3.63, 3.8) is 0 Å². The predicted molar refractivity (Wildman–Crippen MR) is 98.2 cm³/mol. The van der Waals surface area contributed by atoms with Crippen molar-refractivity contribution >= 4 is 0 Å². The molecule has 0 radical (unpaired) electrons. The van der Waals surface area contributed by atoms with Gasteiger partial charge in [-0.1, -0.05) is 26.0 Å². The summed E-state index contributed by atoms with van der Waals surface area (Å²) in [6.07, 6.45) is 13.0. The first-order chi connectivity index (χ1) is 11.4. The summed E-state index contributed by atoms with van der Waals surface area (Å²) >= 11 is 0. The van der Waals surface area contributed by atoms with Gasteiger partial charge in [-0.15, -0.1) is 0 Å². The highest BCUT2D eigenvalue weighted by atomic mass is 16.3. The molecule has 6 atom stereocenters. The standard InChI is InChI=1S/C21H34N2O/c1-19-10-6-5-7-14(19)13-17(22-3)18-15(19)8-11-20(2)16(18)9-12-21(20,24)23-4/h6,10,14-16,22-24H,5,7-9,11-13H2,1-4H3/t14?,15-,16+,19+,20+,21?/m1/s1. The number of rotatable bonds is 2. The SMILES string of the molecule is CNC1=C2[C@@H](CC[C@@]3(C)[C@H]2CCC3(O)NC)[C@@]2(C)C=CCCC2C1. The number of hydrogen-bond acceptors (Lipinski definition) is 3. The van der Waals surface area contributed by atoms with Crippen LogP contribution in [0, 0.1) is 28.6 Å². The van der Waals surface area contributed by atoms with Crippen molar-refractivity contribution < 1.29 is 5.11 Å². The molecule has 0 aromatic heterocycles. The zero-order valence-corrected chi connectivity index (χ0v) is 15.8. The Morgan fingerprint density at radius 1 is 1.08 bits per heavy atom. The minimum Gasteiger partial charge on any atom is -0.391 e. The Labute approximate surface area is 147 Å². The highest BCUT2D eigenvalue weighted by Gasteiger charge is 2.62. The summed E-state index contributed by atoms with van der Waals surface area (Å²) in [4.78, 5) is 0. The Morgan fingerprint density at radius 2 is 1.83 bits per heavy atom. The number of nitrogens with one attached hydrogen (secondary N) is 2. The molecule has 0 aromatic rings. The van der Waals surface area contributed by atoms with Crippen molar-refractivity contribution in [1.29, 1.82) is 0 Å².